The smallest absolute Gasteiger partial charge is 0.239 e. The molecule has 1 aliphatic heterocycles. The van der Waals surface area contributed by atoms with Crippen LogP contribution >= 0.6 is 0 Å². The molecule has 1 unspecified atom stereocenters. The zero-order valence-electron chi connectivity index (χ0n) is 10.1. The Balaban J connectivity index is 2.61. The first-order chi connectivity index (χ1) is 7.02. The third-order valence-corrected chi connectivity index (χ3v) is 2.88. The van der Waals surface area contributed by atoms with Crippen LogP contribution in [0.5, 0.6) is 0 Å². The van der Waals surface area contributed by atoms with Gasteiger partial charge in [-0.3, -0.25) is 4.79 Å². The number of hydrogen-bond acceptors (Lipinski definition) is 3. The first kappa shape index (κ1) is 12.5. The van der Waals surface area contributed by atoms with Gasteiger partial charge in [-0.25, -0.2) is 0 Å². The number of nitrogens with zero attached hydrogens (tertiary/aromatic N) is 2. The van der Waals surface area contributed by atoms with Crippen LogP contribution in [0.1, 0.15) is 26.2 Å². The van der Waals surface area contributed by atoms with Gasteiger partial charge in [-0.2, -0.15) is 0 Å². The van der Waals surface area contributed by atoms with Gasteiger partial charge in [0.25, 0.3) is 0 Å². The number of hydrogen-bond donors (Lipinski definition) is 1. The summed E-state index contributed by atoms with van der Waals surface area (Å²) in [6, 6.07) is -0.0139. The lowest BCUT2D eigenvalue weighted by molar-refractivity contribution is -0.136. The van der Waals surface area contributed by atoms with Crippen LogP contribution in [0.15, 0.2) is 0 Å². The fourth-order valence-corrected chi connectivity index (χ4v) is 2.16. The van der Waals surface area contributed by atoms with Crippen molar-refractivity contribution in [1.82, 2.24) is 9.80 Å². The third-order valence-electron chi connectivity index (χ3n) is 2.88. The second-order valence-corrected chi connectivity index (χ2v) is 4.73. The lowest BCUT2D eigenvalue weighted by atomic mass is 10.0. The number of carbonyl (C=O) groups is 1. The molecular formula is C11H23N3O. The van der Waals surface area contributed by atoms with E-state index in [1.165, 1.54) is 6.42 Å². The molecule has 1 heterocycles. The minimum absolute atomic E-state index is 0.0987. The van der Waals surface area contributed by atoms with Gasteiger partial charge < -0.3 is 15.5 Å². The topological polar surface area (TPSA) is 49.6 Å². The maximum Gasteiger partial charge on any atom is 0.239 e. The van der Waals surface area contributed by atoms with E-state index in [0.29, 0.717) is 6.04 Å². The second-order valence-electron chi connectivity index (χ2n) is 4.73. The number of nitrogens with two attached hydrogens (primary N) is 1. The van der Waals surface area contributed by atoms with Crippen molar-refractivity contribution in [2.45, 2.75) is 38.3 Å². The molecule has 1 rings (SSSR count). The summed E-state index contributed by atoms with van der Waals surface area (Å²) in [4.78, 5) is 16.0. The van der Waals surface area contributed by atoms with E-state index >= 15 is 0 Å². The second kappa shape index (κ2) is 5.47. The summed E-state index contributed by atoms with van der Waals surface area (Å²) < 4.78 is 0. The van der Waals surface area contributed by atoms with Crippen LogP contribution in [-0.2, 0) is 4.79 Å². The fourth-order valence-electron chi connectivity index (χ4n) is 2.16. The Labute approximate surface area is 92.4 Å². The fraction of sp³-hybridized carbons (Fsp3) is 0.909. The first-order valence-electron chi connectivity index (χ1n) is 5.73. The highest BCUT2D eigenvalue weighted by atomic mass is 16.2. The third kappa shape index (κ3) is 3.47. The Hall–Kier alpha value is -0.610. The Morgan fingerprint density at radius 1 is 1.53 bits per heavy atom. The molecule has 0 aromatic rings. The van der Waals surface area contributed by atoms with Crippen molar-refractivity contribution in [2.75, 3.05) is 27.2 Å². The molecule has 0 radical (unpaired) electrons. The largest absolute Gasteiger partial charge is 0.337 e. The lowest BCUT2D eigenvalue weighted by Crippen LogP contribution is -2.52. The Morgan fingerprint density at radius 2 is 2.20 bits per heavy atom. The van der Waals surface area contributed by atoms with Crippen molar-refractivity contribution in [3.8, 4) is 0 Å². The van der Waals surface area contributed by atoms with E-state index in [-0.39, 0.29) is 11.9 Å². The summed E-state index contributed by atoms with van der Waals surface area (Å²) in [5.74, 6) is 0.0987. The Kier molecular flexibility index (Phi) is 4.54. The molecule has 1 fully saturated rings. The van der Waals surface area contributed by atoms with Crippen LogP contribution in [0.4, 0.5) is 0 Å². The summed E-state index contributed by atoms with van der Waals surface area (Å²) >= 11 is 0. The summed E-state index contributed by atoms with van der Waals surface area (Å²) in [7, 11) is 4.09. The number of rotatable bonds is 3. The number of likely N-dealkylation sites (N-methyl/N-ethyl adjacent to an activating group) is 1. The highest BCUT2D eigenvalue weighted by Crippen LogP contribution is 2.18. The zero-order chi connectivity index (χ0) is 11.4. The molecule has 1 saturated heterocycles. The van der Waals surface area contributed by atoms with Gasteiger partial charge in [0.15, 0.2) is 0 Å². The molecule has 2 atom stereocenters. The lowest BCUT2D eigenvalue weighted by Gasteiger charge is -2.38. The van der Waals surface area contributed by atoms with E-state index in [1.54, 1.807) is 6.92 Å². The average Bonchev–Trinajstić information content (AvgIpc) is 2.16. The molecular weight excluding hydrogens is 190 g/mol. The van der Waals surface area contributed by atoms with Gasteiger partial charge in [0.2, 0.25) is 5.91 Å². The van der Waals surface area contributed by atoms with E-state index in [9.17, 15) is 4.79 Å². The van der Waals surface area contributed by atoms with Crippen LogP contribution in [0.2, 0.25) is 0 Å². The van der Waals surface area contributed by atoms with Gasteiger partial charge in [-0.1, -0.05) is 0 Å². The predicted octanol–water partition coefficient (Wildman–Crippen LogP) is 0.276. The molecule has 1 aliphatic rings. The van der Waals surface area contributed by atoms with Crippen molar-refractivity contribution in [3.05, 3.63) is 0 Å². The van der Waals surface area contributed by atoms with Crippen molar-refractivity contribution >= 4 is 5.91 Å². The molecule has 88 valence electrons. The summed E-state index contributed by atoms with van der Waals surface area (Å²) in [5, 5.41) is 0. The molecule has 0 aromatic heterocycles. The monoisotopic (exact) mass is 213 g/mol. The summed E-state index contributed by atoms with van der Waals surface area (Å²) in [6.07, 6.45) is 3.44. The van der Waals surface area contributed by atoms with Gasteiger partial charge in [0.05, 0.1) is 6.04 Å². The van der Waals surface area contributed by atoms with Gasteiger partial charge in [-0.05, 0) is 40.3 Å². The molecule has 0 spiro atoms. The molecule has 0 bridgehead atoms. The van der Waals surface area contributed by atoms with Crippen molar-refractivity contribution < 1.29 is 4.79 Å². The normalized spacial score (nSPS) is 24.3. The molecule has 4 heteroatoms. The maximum absolute atomic E-state index is 11.9. The summed E-state index contributed by atoms with van der Waals surface area (Å²) in [5.41, 5.74) is 5.65. The molecule has 0 saturated carbocycles. The van der Waals surface area contributed by atoms with Gasteiger partial charge in [-0.15, -0.1) is 0 Å². The van der Waals surface area contributed by atoms with E-state index in [2.05, 4.69) is 4.90 Å². The SMILES string of the molecule is CC(N)C(=O)N1CCCC[C@H]1CN(C)C. The summed E-state index contributed by atoms with van der Waals surface area (Å²) in [6.45, 7) is 3.58. The Morgan fingerprint density at radius 3 is 2.73 bits per heavy atom. The Bertz CT molecular complexity index is 216. The van der Waals surface area contributed by atoms with Crippen LogP contribution in [0.25, 0.3) is 0 Å². The maximum atomic E-state index is 11.9. The molecule has 4 nitrogen and oxygen atoms in total. The van der Waals surface area contributed by atoms with Crippen molar-refractivity contribution in [3.63, 3.8) is 0 Å². The molecule has 0 aliphatic carbocycles. The van der Waals surface area contributed by atoms with E-state index in [1.807, 2.05) is 19.0 Å². The quantitative estimate of drug-likeness (QED) is 0.732. The van der Waals surface area contributed by atoms with E-state index in [0.717, 1.165) is 25.9 Å². The van der Waals surface area contributed by atoms with Crippen LogP contribution in [0, 0.1) is 0 Å². The minimum Gasteiger partial charge on any atom is -0.337 e. The van der Waals surface area contributed by atoms with Crippen LogP contribution in [-0.4, -0.2) is 55.0 Å². The van der Waals surface area contributed by atoms with Crippen LogP contribution in [0.3, 0.4) is 0 Å². The standard InChI is InChI=1S/C11H23N3O/c1-9(12)11(15)14-7-5-4-6-10(14)8-13(2)3/h9-10H,4-8,12H2,1-3H3/t9?,10-/m0/s1. The number of likely N-dealkylation sites (tertiary alicyclic amines) is 1. The first-order valence-corrected chi connectivity index (χ1v) is 5.73. The molecule has 0 aromatic carbocycles. The van der Waals surface area contributed by atoms with Gasteiger partial charge >= 0.3 is 0 Å². The minimum atomic E-state index is -0.368. The van der Waals surface area contributed by atoms with Crippen molar-refractivity contribution in [1.29, 1.82) is 0 Å². The van der Waals surface area contributed by atoms with Crippen molar-refractivity contribution in [2.24, 2.45) is 5.73 Å². The number of amides is 1. The highest BCUT2D eigenvalue weighted by molar-refractivity contribution is 5.81. The zero-order valence-corrected chi connectivity index (χ0v) is 10.1. The predicted molar refractivity (Wildman–Crippen MR) is 61.6 cm³/mol. The van der Waals surface area contributed by atoms with E-state index < -0.39 is 0 Å². The molecule has 2 N–H and O–H groups in total. The molecule has 15 heavy (non-hydrogen) atoms. The number of carbonyl (C=O) groups excluding carboxylic acids is 1. The molecule has 1 amide bonds. The average molecular weight is 213 g/mol. The highest BCUT2D eigenvalue weighted by Gasteiger charge is 2.28. The van der Waals surface area contributed by atoms with Crippen LogP contribution < -0.4 is 5.73 Å². The van der Waals surface area contributed by atoms with E-state index in [4.69, 9.17) is 5.73 Å². The van der Waals surface area contributed by atoms with Gasteiger partial charge in [0, 0.05) is 19.1 Å². The number of piperidine rings is 1. The van der Waals surface area contributed by atoms with Gasteiger partial charge in [0.1, 0.15) is 0 Å².